The second-order valence-electron chi connectivity index (χ2n) is 4.89. The van der Waals surface area contributed by atoms with Gasteiger partial charge in [0.15, 0.2) is 6.10 Å². The maximum absolute atomic E-state index is 12.9. The molecule has 1 aliphatic rings. The van der Waals surface area contributed by atoms with Crippen LogP contribution in [0, 0.1) is 5.82 Å². The number of benzene rings is 1. The van der Waals surface area contributed by atoms with Gasteiger partial charge in [0.25, 0.3) is 0 Å². The van der Waals surface area contributed by atoms with E-state index in [0.717, 1.165) is 16.3 Å². The fourth-order valence-corrected chi connectivity index (χ4v) is 2.77. The second kappa shape index (κ2) is 6.85. The van der Waals surface area contributed by atoms with Gasteiger partial charge in [0, 0.05) is 23.9 Å². The molecule has 7 heteroatoms. The molecule has 22 heavy (non-hydrogen) atoms. The van der Waals surface area contributed by atoms with E-state index in [9.17, 15) is 9.18 Å². The number of hydrogen-bond acceptors (Lipinski definition) is 5. The van der Waals surface area contributed by atoms with E-state index in [4.69, 9.17) is 9.47 Å². The lowest BCUT2D eigenvalue weighted by Gasteiger charge is -2.25. The number of hydrogen-bond donors (Lipinski definition) is 1. The lowest BCUT2D eigenvalue weighted by Crippen LogP contribution is -2.41. The first-order valence-electron chi connectivity index (χ1n) is 6.93. The molecule has 0 unspecified atom stereocenters. The van der Waals surface area contributed by atoms with Crippen molar-refractivity contribution in [2.75, 3.05) is 19.8 Å². The smallest absolute Gasteiger partial charge is 0.407 e. The predicted octanol–water partition coefficient (Wildman–Crippen LogP) is 2.62. The highest BCUT2D eigenvalue weighted by atomic mass is 32.1. The highest BCUT2D eigenvalue weighted by molar-refractivity contribution is 7.13. The average Bonchev–Trinajstić information content (AvgIpc) is 2.93. The molecular weight excluding hydrogens is 307 g/mol. The third-order valence-electron chi connectivity index (χ3n) is 3.17. The molecule has 1 fully saturated rings. The Morgan fingerprint density at radius 2 is 2.18 bits per heavy atom. The largest absolute Gasteiger partial charge is 0.441 e. The molecule has 0 radical (unpaired) electrons. The number of halogens is 1. The fourth-order valence-electron chi connectivity index (χ4n) is 1.91. The molecule has 0 bridgehead atoms. The summed E-state index contributed by atoms with van der Waals surface area (Å²) in [5, 5.41) is 5.46. The van der Waals surface area contributed by atoms with Gasteiger partial charge in [-0.15, -0.1) is 11.3 Å². The van der Waals surface area contributed by atoms with E-state index in [2.05, 4.69) is 10.3 Å². The van der Waals surface area contributed by atoms with Crippen LogP contribution in [0.5, 0.6) is 0 Å². The molecule has 1 aromatic carbocycles. The molecule has 1 N–H and O–H groups in total. The summed E-state index contributed by atoms with van der Waals surface area (Å²) >= 11 is 1.50. The van der Waals surface area contributed by atoms with Crippen LogP contribution in [0.3, 0.4) is 0 Å². The lowest BCUT2D eigenvalue weighted by atomic mass is 10.2. The summed E-state index contributed by atoms with van der Waals surface area (Å²) in [4.78, 5) is 15.9. The van der Waals surface area contributed by atoms with Crippen molar-refractivity contribution < 1.29 is 18.7 Å². The minimum atomic E-state index is -0.428. The maximum Gasteiger partial charge on any atom is 0.407 e. The summed E-state index contributed by atoms with van der Waals surface area (Å²) in [6.07, 6.45) is 0.0696. The van der Waals surface area contributed by atoms with Gasteiger partial charge < -0.3 is 14.8 Å². The molecule has 1 aliphatic heterocycles. The summed E-state index contributed by atoms with van der Waals surface area (Å²) in [7, 11) is 0. The van der Waals surface area contributed by atoms with Crippen LogP contribution >= 0.6 is 11.3 Å². The Hall–Kier alpha value is -1.99. The summed E-state index contributed by atoms with van der Waals surface area (Å²) < 4.78 is 22.9. The number of thiazole rings is 1. The van der Waals surface area contributed by atoms with Gasteiger partial charge in [-0.2, -0.15) is 0 Å². The quantitative estimate of drug-likeness (QED) is 0.919. The highest BCUT2D eigenvalue weighted by Crippen LogP contribution is 2.23. The minimum absolute atomic E-state index is 0.121. The van der Waals surface area contributed by atoms with E-state index in [1.54, 1.807) is 12.1 Å². The van der Waals surface area contributed by atoms with Crippen molar-refractivity contribution >= 4 is 17.4 Å². The Balaban J connectivity index is 1.47. The fraction of sp³-hybridized carbons (Fsp3) is 0.333. The molecule has 0 saturated carbocycles. The van der Waals surface area contributed by atoms with E-state index >= 15 is 0 Å². The molecule has 0 spiro atoms. The van der Waals surface area contributed by atoms with Gasteiger partial charge in [0.05, 0.1) is 18.9 Å². The van der Waals surface area contributed by atoms with Gasteiger partial charge in [0.2, 0.25) is 0 Å². The van der Waals surface area contributed by atoms with Crippen molar-refractivity contribution in [1.82, 2.24) is 10.3 Å². The molecule has 1 amide bonds. The highest BCUT2D eigenvalue weighted by Gasteiger charge is 2.22. The molecule has 5 nitrogen and oxygen atoms in total. The molecule has 0 atom stereocenters. The normalized spacial score (nSPS) is 14.4. The van der Waals surface area contributed by atoms with Gasteiger partial charge >= 0.3 is 6.09 Å². The maximum atomic E-state index is 12.9. The first-order chi connectivity index (χ1) is 10.7. The standard InChI is InChI=1S/C15H15FN2O3S/c16-11-3-1-10(2-4-11)14-18-12(9-22-14)5-6-17-15(19)21-13-7-20-8-13/h1-4,9,13H,5-8H2,(H,17,19). The van der Waals surface area contributed by atoms with E-state index < -0.39 is 6.09 Å². The van der Waals surface area contributed by atoms with Crippen LogP contribution in [-0.4, -0.2) is 36.9 Å². The summed E-state index contributed by atoms with van der Waals surface area (Å²) in [6.45, 7) is 1.40. The van der Waals surface area contributed by atoms with Gasteiger partial charge in [-0.25, -0.2) is 14.2 Å². The minimum Gasteiger partial charge on any atom is -0.441 e. The van der Waals surface area contributed by atoms with Crippen molar-refractivity contribution in [3.05, 3.63) is 41.2 Å². The van der Waals surface area contributed by atoms with Gasteiger partial charge in [0.1, 0.15) is 10.8 Å². The topological polar surface area (TPSA) is 60.5 Å². The van der Waals surface area contributed by atoms with Crippen LogP contribution < -0.4 is 5.32 Å². The van der Waals surface area contributed by atoms with Crippen molar-refractivity contribution in [3.63, 3.8) is 0 Å². The van der Waals surface area contributed by atoms with Crippen molar-refractivity contribution in [2.24, 2.45) is 0 Å². The molecule has 3 rings (SSSR count). The van der Waals surface area contributed by atoms with E-state index in [1.807, 2.05) is 5.38 Å². The van der Waals surface area contributed by atoms with Crippen LogP contribution in [0.25, 0.3) is 10.6 Å². The number of nitrogens with zero attached hydrogens (tertiary/aromatic N) is 1. The van der Waals surface area contributed by atoms with Crippen LogP contribution in [0.4, 0.5) is 9.18 Å². The Morgan fingerprint density at radius 1 is 1.41 bits per heavy atom. The number of ether oxygens (including phenoxy) is 2. The summed E-state index contributed by atoms with van der Waals surface area (Å²) in [6, 6.07) is 6.23. The van der Waals surface area contributed by atoms with Crippen molar-refractivity contribution in [2.45, 2.75) is 12.5 Å². The summed E-state index contributed by atoms with van der Waals surface area (Å²) in [5.41, 5.74) is 1.77. The van der Waals surface area contributed by atoms with Crippen LogP contribution in [0.2, 0.25) is 0 Å². The zero-order chi connectivity index (χ0) is 15.4. The predicted molar refractivity (Wildman–Crippen MR) is 80.3 cm³/mol. The third kappa shape index (κ3) is 3.80. The molecule has 2 heterocycles. The van der Waals surface area contributed by atoms with Crippen molar-refractivity contribution in [1.29, 1.82) is 0 Å². The van der Waals surface area contributed by atoms with Crippen LogP contribution in [0.15, 0.2) is 29.6 Å². The van der Waals surface area contributed by atoms with Gasteiger partial charge in [-0.05, 0) is 24.3 Å². The van der Waals surface area contributed by atoms with E-state index in [1.165, 1.54) is 23.5 Å². The van der Waals surface area contributed by atoms with Gasteiger partial charge in [-0.1, -0.05) is 0 Å². The van der Waals surface area contributed by atoms with Crippen LogP contribution in [0.1, 0.15) is 5.69 Å². The Labute approximate surface area is 131 Å². The Morgan fingerprint density at radius 3 is 2.86 bits per heavy atom. The lowest BCUT2D eigenvalue weighted by molar-refractivity contribution is -0.0978. The number of aromatic nitrogens is 1. The van der Waals surface area contributed by atoms with E-state index in [-0.39, 0.29) is 11.9 Å². The Bertz CT molecular complexity index is 640. The molecule has 1 aromatic heterocycles. The third-order valence-corrected chi connectivity index (χ3v) is 4.11. The number of carbonyl (C=O) groups excluding carboxylic acids is 1. The molecule has 2 aromatic rings. The molecule has 0 aliphatic carbocycles. The number of carbonyl (C=O) groups is 1. The van der Waals surface area contributed by atoms with Gasteiger partial charge in [-0.3, -0.25) is 0 Å². The number of amides is 1. The number of nitrogens with one attached hydrogen (secondary N) is 1. The molecule has 116 valence electrons. The second-order valence-corrected chi connectivity index (χ2v) is 5.75. The molecular formula is C15H15FN2O3S. The first kappa shape index (κ1) is 14.9. The SMILES string of the molecule is O=C(NCCc1csc(-c2ccc(F)cc2)n1)OC1COC1. The number of rotatable bonds is 5. The van der Waals surface area contributed by atoms with Crippen LogP contribution in [-0.2, 0) is 15.9 Å². The Kier molecular flexibility index (Phi) is 4.65. The zero-order valence-electron chi connectivity index (χ0n) is 11.8. The first-order valence-corrected chi connectivity index (χ1v) is 7.81. The summed E-state index contributed by atoms with van der Waals surface area (Å²) in [5.74, 6) is -0.264. The monoisotopic (exact) mass is 322 g/mol. The average molecular weight is 322 g/mol. The molecule has 1 saturated heterocycles. The zero-order valence-corrected chi connectivity index (χ0v) is 12.6. The van der Waals surface area contributed by atoms with Crippen molar-refractivity contribution in [3.8, 4) is 10.6 Å². The number of alkyl carbamates (subject to hydrolysis) is 1. The van der Waals surface area contributed by atoms with E-state index in [0.29, 0.717) is 26.2 Å².